The van der Waals surface area contributed by atoms with Crippen molar-refractivity contribution in [3.05, 3.63) is 88.2 Å². The highest BCUT2D eigenvalue weighted by molar-refractivity contribution is 7.89. The van der Waals surface area contributed by atoms with Crippen LogP contribution in [-0.2, 0) is 21.3 Å². The van der Waals surface area contributed by atoms with Crippen molar-refractivity contribution < 1.29 is 28.2 Å². The Kier molecular flexibility index (Phi) is 7.67. The summed E-state index contributed by atoms with van der Waals surface area (Å²) < 4.78 is 32.7. The van der Waals surface area contributed by atoms with Crippen molar-refractivity contribution in [2.24, 2.45) is 0 Å². The van der Waals surface area contributed by atoms with Crippen LogP contribution in [0.5, 0.6) is 11.5 Å². The van der Waals surface area contributed by atoms with Crippen LogP contribution in [0.1, 0.15) is 21.5 Å². The van der Waals surface area contributed by atoms with Gasteiger partial charge in [-0.2, -0.15) is 15.6 Å². The standard InChI is InChI=1S/C28H27N3O6S2/c1-19-14-24(39(35,36)30-9-11-37-12-10-30)16-29-27(19)21-2-4-22(5-3-21)31(17-20-8-13-38-18-20)28(34)25-7-6-23(32)15-26(25)33/h2-8,13-16,18,32-33H,9-12,17H2,1H3. The van der Waals surface area contributed by atoms with E-state index in [1.807, 2.05) is 35.9 Å². The predicted octanol–water partition coefficient (Wildman–Crippen LogP) is 4.40. The number of nitrogens with zero attached hydrogens (tertiary/aromatic N) is 3. The third-order valence-corrected chi connectivity index (χ3v) is 9.09. The van der Waals surface area contributed by atoms with Crippen molar-refractivity contribution in [3.8, 4) is 22.8 Å². The lowest BCUT2D eigenvalue weighted by atomic mass is 10.1. The van der Waals surface area contributed by atoms with Gasteiger partial charge >= 0.3 is 0 Å². The molecular formula is C28H27N3O6S2. The number of hydrogen-bond donors (Lipinski definition) is 2. The lowest BCUT2D eigenvalue weighted by Crippen LogP contribution is -2.40. The van der Waals surface area contributed by atoms with Gasteiger partial charge in [0, 0.05) is 36.6 Å². The molecule has 0 bridgehead atoms. The molecule has 1 saturated heterocycles. The molecule has 1 aliphatic rings. The number of phenols is 2. The largest absolute Gasteiger partial charge is 0.508 e. The molecular weight excluding hydrogens is 538 g/mol. The van der Waals surface area contributed by atoms with Gasteiger partial charge in [-0.3, -0.25) is 9.78 Å². The molecule has 1 aliphatic heterocycles. The number of carbonyl (C=O) groups is 1. The van der Waals surface area contributed by atoms with Gasteiger partial charge in [-0.1, -0.05) is 12.1 Å². The second kappa shape index (κ2) is 11.1. The van der Waals surface area contributed by atoms with Gasteiger partial charge in [0.15, 0.2) is 0 Å². The number of amides is 1. The highest BCUT2D eigenvalue weighted by Gasteiger charge is 2.27. The van der Waals surface area contributed by atoms with Gasteiger partial charge in [0.25, 0.3) is 5.91 Å². The van der Waals surface area contributed by atoms with Gasteiger partial charge in [0.2, 0.25) is 10.0 Å². The van der Waals surface area contributed by atoms with Crippen LogP contribution < -0.4 is 4.90 Å². The van der Waals surface area contributed by atoms with Crippen LogP contribution in [0.2, 0.25) is 0 Å². The van der Waals surface area contributed by atoms with Gasteiger partial charge in [-0.05, 0) is 65.2 Å². The first-order chi connectivity index (χ1) is 18.7. The maximum atomic E-state index is 13.5. The first kappa shape index (κ1) is 26.8. The number of hydrogen-bond acceptors (Lipinski definition) is 8. The molecule has 4 aromatic rings. The Hall–Kier alpha value is -3.77. The minimum Gasteiger partial charge on any atom is -0.508 e. The third kappa shape index (κ3) is 5.66. The summed E-state index contributed by atoms with van der Waals surface area (Å²) in [5, 5.41) is 23.8. The first-order valence-electron chi connectivity index (χ1n) is 12.2. The van der Waals surface area contributed by atoms with E-state index < -0.39 is 15.9 Å². The molecule has 2 aromatic carbocycles. The Labute approximate surface area is 230 Å². The molecule has 3 heterocycles. The Morgan fingerprint density at radius 3 is 2.46 bits per heavy atom. The number of ether oxygens (including phenoxy) is 1. The number of morpholine rings is 1. The van der Waals surface area contributed by atoms with E-state index in [0.717, 1.165) is 17.2 Å². The second-order valence-electron chi connectivity index (χ2n) is 9.12. The number of pyridine rings is 1. The summed E-state index contributed by atoms with van der Waals surface area (Å²) in [6.45, 7) is 3.46. The van der Waals surface area contributed by atoms with E-state index in [1.54, 1.807) is 23.1 Å². The molecule has 0 radical (unpaired) electrons. The van der Waals surface area contributed by atoms with Crippen LogP contribution in [0.4, 0.5) is 5.69 Å². The summed E-state index contributed by atoms with van der Waals surface area (Å²) in [5.74, 6) is -0.860. The van der Waals surface area contributed by atoms with E-state index in [9.17, 15) is 23.4 Å². The van der Waals surface area contributed by atoms with Crippen LogP contribution in [0.3, 0.4) is 0 Å². The van der Waals surface area contributed by atoms with Gasteiger partial charge in [-0.15, -0.1) is 0 Å². The minimum absolute atomic E-state index is 0.0710. The summed E-state index contributed by atoms with van der Waals surface area (Å²) >= 11 is 1.52. The van der Waals surface area contributed by atoms with Gasteiger partial charge in [0.1, 0.15) is 16.4 Å². The molecule has 0 aliphatic carbocycles. The van der Waals surface area contributed by atoms with E-state index in [4.69, 9.17) is 4.74 Å². The summed E-state index contributed by atoms with van der Waals surface area (Å²) in [4.78, 5) is 19.6. The molecule has 202 valence electrons. The molecule has 2 aromatic heterocycles. The Balaban J connectivity index is 1.43. The smallest absolute Gasteiger partial charge is 0.262 e. The molecule has 0 unspecified atom stereocenters. The van der Waals surface area contributed by atoms with E-state index >= 15 is 0 Å². The molecule has 0 spiro atoms. The predicted molar refractivity (Wildman–Crippen MR) is 149 cm³/mol. The summed E-state index contributed by atoms with van der Waals surface area (Å²) in [7, 11) is -3.66. The zero-order valence-electron chi connectivity index (χ0n) is 21.1. The molecule has 5 rings (SSSR count). The Morgan fingerprint density at radius 1 is 1.08 bits per heavy atom. The number of anilines is 1. The number of benzene rings is 2. The molecule has 1 amide bonds. The zero-order valence-corrected chi connectivity index (χ0v) is 22.8. The quantitative estimate of drug-likeness (QED) is 0.341. The topological polar surface area (TPSA) is 120 Å². The van der Waals surface area contributed by atoms with Crippen LogP contribution in [0, 0.1) is 6.92 Å². The zero-order chi connectivity index (χ0) is 27.6. The van der Waals surface area contributed by atoms with E-state index in [2.05, 4.69) is 4.98 Å². The van der Waals surface area contributed by atoms with Crippen LogP contribution in [0.25, 0.3) is 11.3 Å². The lowest BCUT2D eigenvalue weighted by molar-refractivity contribution is 0.0730. The maximum Gasteiger partial charge on any atom is 0.262 e. The molecule has 1 fully saturated rings. The van der Waals surface area contributed by atoms with Crippen molar-refractivity contribution in [2.75, 3.05) is 31.2 Å². The van der Waals surface area contributed by atoms with Crippen molar-refractivity contribution in [1.82, 2.24) is 9.29 Å². The van der Waals surface area contributed by atoms with Gasteiger partial charge in [-0.25, -0.2) is 8.42 Å². The third-order valence-electron chi connectivity index (χ3n) is 6.49. The fourth-order valence-electron chi connectivity index (χ4n) is 4.42. The fraction of sp³-hybridized carbons (Fsp3) is 0.214. The lowest BCUT2D eigenvalue weighted by Gasteiger charge is -2.26. The number of rotatable bonds is 7. The van der Waals surface area contributed by atoms with Crippen molar-refractivity contribution >= 4 is 33.0 Å². The number of sulfonamides is 1. The van der Waals surface area contributed by atoms with Crippen LogP contribution in [0.15, 0.2) is 76.4 Å². The van der Waals surface area contributed by atoms with Crippen molar-refractivity contribution in [3.63, 3.8) is 0 Å². The minimum atomic E-state index is -3.66. The molecule has 2 N–H and O–H groups in total. The van der Waals surface area contributed by atoms with Crippen molar-refractivity contribution in [1.29, 1.82) is 0 Å². The number of aromatic nitrogens is 1. The highest BCUT2D eigenvalue weighted by atomic mass is 32.2. The second-order valence-corrected chi connectivity index (χ2v) is 11.8. The Morgan fingerprint density at radius 2 is 1.82 bits per heavy atom. The number of carbonyl (C=O) groups excluding carboxylic acids is 1. The summed E-state index contributed by atoms with van der Waals surface area (Å²) in [6.07, 6.45) is 1.38. The monoisotopic (exact) mass is 565 g/mol. The van der Waals surface area contributed by atoms with E-state index in [1.165, 1.54) is 34.0 Å². The summed E-state index contributed by atoms with van der Waals surface area (Å²) in [5.41, 5.74) is 3.72. The SMILES string of the molecule is Cc1cc(S(=O)(=O)N2CCOCC2)cnc1-c1ccc(N(Cc2ccsc2)C(=O)c2ccc(O)cc2O)cc1. The van der Waals surface area contributed by atoms with Crippen LogP contribution >= 0.6 is 11.3 Å². The van der Waals surface area contributed by atoms with Gasteiger partial charge < -0.3 is 19.8 Å². The number of thiophene rings is 1. The van der Waals surface area contributed by atoms with Crippen molar-refractivity contribution in [2.45, 2.75) is 18.4 Å². The average molecular weight is 566 g/mol. The summed E-state index contributed by atoms with van der Waals surface area (Å²) in [6, 6.07) is 14.7. The maximum absolute atomic E-state index is 13.5. The number of phenolic OH excluding ortho intramolecular Hbond substituents is 2. The van der Waals surface area contributed by atoms with Crippen LogP contribution in [-0.4, -0.2) is 60.1 Å². The average Bonchev–Trinajstić information content (AvgIpc) is 3.45. The molecule has 11 heteroatoms. The fourth-order valence-corrected chi connectivity index (χ4v) is 6.52. The molecule has 0 atom stereocenters. The first-order valence-corrected chi connectivity index (χ1v) is 14.6. The normalized spacial score (nSPS) is 14.3. The van der Waals surface area contributed by atoms with Gasteiger partial charge in [0.05, 0.1) is 31.0 Å². The van der Waals surface area contributed by atoms with E-state index in [-0.39, 0.29) is 28.5 Å². The highest BCUT2D eigenvalue weighted by Crippen LogP contribution is 2.30. The Bertz CT molecular complexity index is 1580. The molecule has 39 heavy (non-hydrogen) atoms. The molecule has 0 saturated carbocycles. The molecule has 9 nitrogen and oxygen atoms in total. The number of aromatic hydroxyl groups is 2. The number of aryl methyl sites for hydroxylation is 1. The van der Waals surface area contributed by atoms with E-state index in [0.29, 0.717) is 43.2 Å².